The first kappa shape index (κ1) is 12.6. The van der Waals surface area contributed by atoms with Crippen LogP contribution in [0.5, 0.6) is 0 Å². The minimum Gasteiger partial charge on any atom is -0.367 e. The Labute approximate surface area is 115 Å². The summed E-state index contributed by atoms with van der Waals surface area (Å²) in [5.41, 5.74) is -0.150. The van der Waals surface area contributed by atoms with Gasteiger partial charge in [0.25, 0.3) is 5.91 Å². The second kappa shape index (κ2) is 4.92. The Morgan fingerprint density at radius 3 is 3.15 bits per heavy atom. The third kappa shape index (κ3) is 2.11. The van der Waals surface area contributed by atoms with Crippen LogP contribution in [0.4, 0.5) is 0 Å². The molecule has 0 saturated heterocycles. The molecule has 20 heavy (non-hydrogen) atoms. The number of pyridine rings is 1. The first-order chi connectivity index (χ1) is 9.66. The van der Waals surface area contributed by atoms with E-state index in [0.717, 1.165) is 31.0 Å². The van der Waals surface area contributed by atoms with Crippen LogP contribution in [0.25, 0.3) is 0 Å². The summed E-state index contributed by atoms with van der Waals surface area (Å²) in [5.74, 6) is 1.42. The van der Waals surface area contributed by atoms with Crippen LogP contribution in [0.1, 0.15) is 28.4 Å². The van der Waals surface area contributed by atoms with Gasteiger partial charge in [-0.2, -0.15) is 0 Å². The summed E-state index contributed by atoms with van der Waals surface area (Å²) >= 11 is 0. The van der Waals surface area contributed by atoms with Crippen LogP contribution in [0.3, 0.4) is 0 Å². The largest absolute Gasteiger partial charge is 0.367 e. The molecule has 0 atom stereocenters. The van der Waals surface area contributed by atoms with E-state index in [2.05, 4.69) is 15.2 Å². The summed E-state index contributed by atoms with van der Waals surface area (Å²) in [6.45, 7) is 1.24. The number of carbonyl (C=O) groups excluding carboxylic acids is 1. The fourth-order valence-electron chi connectivity index (χ4n) is 2.40. The molecule has 0 saturated carbocycles. The maximum Gasteiger partial charge on any atom is 0.259 e. The summed E-state index contributed by atoms with van der Waals surface area (Å²) in [5, 5.41) is 8.22. The van der Waals surface area contributed by atoms with Crippen molar-refractivity contribution in [2.75, 3.05) is 7.05 Å². The van der Waals surface area contributed by atoms with E-state index in [0.29, 0.717) is 6.54 Å². The molecule has 0 aliphatic carbocycles. The summed E-state index contributed by atoms with van der Waals surface area (Å²) in [6, 6.07) is 1.34. The number of aryl methyl sites for hydroxylation is 1. The normalized spacial score (nSPS) is 13.2. The molecule has 0 radical (unpaired) electrons. The van der Waals surface area contributed by atoms with E-state index < -0.39 is 0 Å². The average Bonchev–Trinajstić information content (AvgIpc) is 3.03. The minimum atomic E-state index is -0.317. The zero-order valence-electron chi connectivity index (χ0n) is 11.2. The molecule has 0 unspecified atom stereocenters. The first-order valence-electron chi connectivity index (χ1n) is 6.50. The number of nitrogens with one attached hydrogen (secondary N) is 1. The van der Waals surface area contributed by atoms with Gasteiger partial charge in [-0.05, 0) is 6.42 Å². The maximum atomic E-state index is 12.2. The third-order valence-electron chi connectivity index (χ3n) is 3.47. The zero-order chi connectivity index (χ0) is 14.1. The quantitative estimate of drug-likeness (QED) is 0.865. The Kier molecular flexibility index (Phi) is 3.09. The highest BCUT2D eigenvalue weighted by Crippen LogP contribution is 2.15. The number of aromatic nitrogens is 4. The molecule has 0 aromatic carbocycles. The first-order valence-corrected chi connectivity index (χ1v) is 6.50. The second-order valence-corrected chi connectivity index (χ2v) is 4.87. The van der Waals surface area contributed by atoms with Crippen LogP contribution < -0.4 is 5.43 Å². The third-order valence-corrected chi connectivity index (χ3v) is 3.47. The lowest BCUT2D eigenvalue weighted by Crippen LogP contribution is -2.31. The highest BCUT2D eigenvalue weighted by Gasteiger charge is 2.21. The van der Waals surface area contributed by atoms with Gasteiger partial charge in [-0.15, -0.1) is 10.2 Å². The molecule has 1 aliphatic rings. The fraction of sp³-hybridized carbons (Fsp3) is 0.385. The summed E-state index contributed by atoms with van der Waals surface area (Å²) < 4.78 is 2.04. The van der Waals surface area contributed by atoms with Crippen molar-refractivity contribution < 1.29 is 4.79 Å². The fourth-order valence-corrected chi connectivity index (χ4v) is 2.40. The van der Waals surface area contributed by atoms with Crippen LogP contribution in [0.2, 0.25) is 0 Å². The van der Waals surface area contributed by atoms with Gasteiger partial charge in [0.2, 0.25) is 0 Å². The van der Waals surface area contributed by atoms with E-state index in [9.17, 15) is 9.59 Å². The molecule has 104 valence electrons. The Balaban J connectivity index is 1.79. The van der Waals surface area contributed by atoms with Gasteiger partial charge in [-0.25, -0.2) is 0 Å². The molecular weight excluding hydrogens is 258 g/mol. The molecule has 1 N–H and O–H groups in total. The molecular formula is C13H15N5O2. The van der Waals surface area contributed by atoms with Crippen molar-refractivity contribution in [3.05, 3.63) is 45.9 Å². The standard InChI is InChI=1S/C13H15N5O2/c1-17(13(20)9-7-14-5-4-10(9)19)8-12-16-15-11-3-2-6-18(11)12/h4-5,7H,2-3,6,8H2,1H3,(H,14,19). The van der Waals surface area contributed by atoms with Gasteiger partial charge in [0.15, 0.2) is 11.3 Å². The Morgan fingerprint density at radius 1 is 1.50 bits per heavy atom. The van der Waals surface area contributed by atoms with E-state index >= 15 is 0 Å². The van der Waals surface area contributed by atoms with Gasteiger partial charge in [0.1, 0.15) is 11.4 Å². The molecule has 1 amide bonds. The lowest BCUT2D eigenvalue weighted by atomic mass is 10.2. The number of hydrogen-bond acceptors (Lipinski definition) is 4. The van der Waals surface area contributed by atoms with Crippen molar-refractivity contribution in [2.24, 2.45) is 0 Å². The maximum absolute atomic E-state index is 12.2. The molecule has 2 aromatic rings. The van der Waals surface area contributed by atoms with Crippen LogP contribution in [-0.4, -0.2) is 37.6 Å². The van der Waals surface area contributed by atoms with Crippen LogP contribution >= 0.6 is 0 Å². The molecule has 3 heterocycles. The average molecular weight is 273 g/mol. The summed E-state index contributed by atoms with van der Waals surface area (Å²) in [6.07, 6.45) is 4.93. The van der Waals surface area contributed by atoms with Crippen molar-refractivity contribution >= 4 is 5.91 Å². The van der Waals surface area contributed by atoms with Crippen LogP contribution in [0.15, 0.2) is 23.3 Å². The zero-order valence-corrected chi connectivity index (χ0v) is 11.2. The Morgan fingerprint density at radius 2 is 2.35 bits per heavy atom. The summed E-state index contributed by atoms with van der Waals surface area (Å²) in [4.78, 5) is 28.1. The topological polar surface area (TPSA) is 83.9 Å². The number of fused-ring (bicyclic) bond motifs is 1. The minimum absolute atomic E-state index is 0.135. The van der Waals surface area contributed by atoms with Gasteiger partial charge in [0, 0.05) is 38.5 Å². The van der Waals surface area contributed by atoms with Crippen molar-refractivity contribution in [2.45, 2.75) is 25.9 Å². The number of amides is 1. The van der Waals surface area contributed by atoms with Gasteiger partial charge < -0.3 is 14.5 Å². The number of carbonyl (C=O) groups is 1. The van der Waals surface area contributed by atoms with Crippen LogP contribution in [-0.2, 0) is 19.5 Å². The molecule has 3 rings (SSSR count). The molecule has 7 heteroatoms. The van der Waals surface area contributed by atoms with E-state index in [1.54, 1.807) is 7.05 Å². The molecule has 1 aliphatic heterocycles. The highest BCUT2D eigenvalue weighted by molar-refractivity contribution is 5.93. The molecule has 0 bridgehead atoms. The van der Waals surface area contributed by atoms with Crippen molar-refractivity contribution in [3.8, 4) is 0 Å². The molecule has 7 nitrogen and oxygen atoms in total. The Bertz CT molecular complexity index is 703. The predicted octanol–water partition coefficient (Wildman–Crippen LogP) is 0.185. The number of aromatic amines is 1. The van der Waals surface area contributed by atoms with Gasteiger partial charge >= 0.3 is 0 Å². The van der Waals surface area contributed by atoms with E-state index in [1.807, 2.05) is 4.57 Å². The molecule has 0 fully saturated rings. The van der Waals surface area contributed by atoms with E-state index in [1.165, 1.54) is 23.4 Å². The summed E-state index contributed by atoms with van der Waals surface area (Å²) in [7, 11) is 1.66. The van der Waals surface area contributed by atoms with Gasteiger partial charge in [-0.1, -0.05) is 0 Å². The van der Waals surface area contributed by atoms with Crippen molar-refractivity contribution in [3.63, 3.8) is 0 Å². The number of nitrogens with zero attached hydrogens (tertiary/aromatic N) is 4. The molecule has 0 spiro atoms. The number of hydrogen-bond donors (Lipinski definition) is 1. The van der Waals surface area contributed by atoms with Gasteiger partial charge in [-0.3, -0.25) is 9.59 Å². The predicted molar refractivity (Wildman–Crippen MR) is 71.2 cm³/mol. The lowest BCUT2D eigenvalue weighted by Gasteiger charge is -2.16. The smallest absolute Gasteiger partial charge is 0.259 e. The van der Waals surface area contributed by atoms with Crippen molar-refractivity contribution in [1.29, 1.82) is 0 Å². The van der Waals surface area contributed by atoms with Crippen molar-refractivity contribution in [1.82, 2.24) is 24.6 Å². The lowest BCUT2D eigenvalue weighted by molar-refractivity contribution is 0.0778. The SMILES string of the molecule is CN(Cc1nnc2n1CCC2)C(=O)c1c[nH]ccc1=O. The number of H-pyrrole nitrogens is 1. The van der Waals surface area contributed by atoms with E-state index in [4.69, 9.17) is 0 Å². The van der Waals surface area contributed by atoms with Crippen LogP contribution in [0, 0.1) is 0 Å². The molecule has 2 aromatic heterocycles. The highest BCUT2D eigenvalue weighted by atomic mass is 16.2. The monoisotopic (exact) mass is 273 g/mol. The number of rotatable bonds is 3. The van der Waals surface area contributed by atoms with E-state index in [-0.39, 0.29) is 16.9 Å². The Hall–Kier alpha value is -2.44. The second-order valence-electron chi connectivity index (χ2n) is 4.87. The van der Waals surface area contributed by atoms with Gasteiger partial charge in [0.05, 0.1) is 6.54 Å².